The maximum atomic E-state index is 13.2. The fraction of sp³-hybridized carbons (Fsp3) is 0.409. The van der Waals surface area contributed by atoms with Crippen molar-refractivity contribution < 1.29 is 13.9 Å². The lowest BCUT2D eigenvalue weighted by Gasteiger charge is -2.22. The summed E-state index contributed by atoms with van der Waals surface area (Å²) in [6.07, 6.45) is 1.32. The first-order valence-electron chi connectivity index (χ1n) is 9.66. The number of hydrazine groups is 1. The zero-order chi connectivity index (χ0) is 20.1. The van der Waals surface area contributed by atoms with Crippen molar-refractivity contribution >= 4 is 5.91 Å². The summed E-state index contributed by atoms with van der Waals surface area (Å²) in [6.45, 7) is 4.27. The SMILES string of the molecule is COc1ccc(C(Cc2ccc(F)cc2)NC(=O)C2CC(C(C)C)NN2)cc1. The van der Waals surface area contributed by atoms with E-state index in [1.54, 1.807) is 19.2 Å². The molecule has 0 radical (unpaired) electrons. The quantitative estimate of drug-likeness (QED) is 0.685. The molecule has 6 heteroatoms. The van der Waals surface area contributed by atoms with E-state index in [-0.39, 0.29) is 29.8 Å². The van der Waals surface area contributed by atoms with Gasteiger partial charge in [0.25, 0.3) is 0 Å². The van der Waals surface area contributed by atoms with E-state index < -0.39 is 0 Å². The van der Waals surface area contributed by atoms with Crippen LogP contribution in [0.5, 0.6) is 5.75 Å². The van der Waals surface area contributed by atoms with Crippen molar-refractivity contribution in [1.29, 1.82) is 0 Å². The number of carbonyl (C=O) groups excluding carboxylic acids is 1. The van der Waals surface area contributed by atoms with Gasteiger partial charge >= 0.3 is 0 Å². The summed E-state index contributed by atoms with van der Waals surface area (Å²) in [7, 11) is 1.62. The molecule has 3 atom stereocenters. The van der Waals surface area contributed by atoms with Crippen LogP contribution in [0.1, 0.15) is 37.4 Å². The van der Waals surface area contributed by atoms with Crippen LogP contribution < -0.4 is 20.9 Å². The van der Waals surface area contributed by atoms with Crippen LogP contribution >= 0.6 is 0 Å². The van der Waals surface area contributed by atoms with Crippen molar-refractivity contribution in [2.45, 2.75) is 44.8 Å². The molecule has 3 rings (SSSR count). The Hall–Kier alpha value is -2.44. The number of benzene rings is 2. The molecular formula is C22H28FN3O2. The minimum atomic E-state index is -0.277. The Kier molecular flexibility index (Phi) is 6.65. The van der Waals surface area contributed by atoms with Gasteiger partial charge in [0.15, 0.2) is 0 Å². The van der Waals surface area contributed by atoms with Gasteiger partial charge in [-0.3, -0.25) is 10.2 Å². The number of amides is 1. The van der Waals surface area contributed by atoms with E-state index in [1.165, 1.54) is 12.1 Å². The van der Waals surface area contributed by atoms with Crippen molar-refractivity contribution in [3.63, 3.8) is 0 Å². The van der Waals surface area contributed by atoms with E-state index in [0.29, 0.717) is 12.3 Å². The minimum absolute atomic E-state index is 0.0430. The fourth-order valence-electron chi connectivity index (χ4n) is 3.41. The van der Waals surface area contributed by atoms with Gasteiger partial charge in [-0.05, 0) is 54.2 Å². The average Bonchev–Trinajstić information content (AvgIpc) is 3.20. The molecule has 0 bridgehead atoms. The minimum Gasteiger partial charge on any atom is -0.497 e. The van der Waals surface area contributed by atoms with Crippen LogP contribution in [0.3, 0.4) is 0 Å². The zero-order valence-electron chi connectivity index (χ0n) is 16.5. The first-order chi connectivity index (χ1) is 13.5. The van der Waals surface area contributed by atoms with E-state index in [1.807, 2.05) is 24.3 Å². The molecule has 3 unspecified atom stereocenters. The highest BCUT2D eigenvalue weighted by molar-refractivity contribution is 5.82. The van der Waals surface area contributed by atoms with Gasteiger partial charge in [-0.1, -0.05) is 38.1 Å². The van der Waals surface area contributed by atoms with E-state index in [2.05, 4.69) is 30.0 Å². The summed E-state index contributed by atoms with van der Waals surface area (Å²) in [5, 5.41) is 3.16. The van der Waals surface area contributed by atoms with Crippen LogP contribution in [0.4, 0.5) is 4.39 Å². The Balaban J connectivity index is 1.75. The Morgan fingerprint density at radius 3 is 2.39 bits per heavy atom. The van der Waals surface area contributed by atoms with Gasteiger partial charge in [0.2, 0.25) is 5.91 Å². The molecule has 150 valence electrons. The first kappa shape index (κ1) is 20.3. The fourth-order valence-corrected chi connectivity index (χ4v) is 3.41. The first-order valence-corrected chi connectivity index (χ1v) is 9.66. The molecule has 0 aliphatic carbocycles. The number of carbonyl (C=O) groups is 1. The van der Waals surface area contributed by atoms with Gasteiger partial charge in [0.1, 0.15) is 17.6 Å². The van der Waals surface area contributed by atoms with E-state index in [4.69, 9.17) is 4.74 Å². The molecule has 0 spiro atoms. The third kappa shape index (κ3) is 5.09. The van der Waals surface area contributed by atoms with Crippen LogP contribution in [0, 0.1) is 11.7 Å². The second-order valence-electron chi connectivity index (χ2n) is 7.59. The Morgan fingerprint density at radius 1 is 1.14 bits per heavy atom. The average molecular weight is 385 g/mol. The number of halogens is 1. The van der Waals surface area contributed by atoms with Gasteiger partial charge in [0.05, 0.1) is 13.2 Å². The third-order valence-electron chi connectivity index (χ3n) is 5.24. The standard InChI is InChI=1S/C22H28FN3O2/c1-14(2)19-13-21(26-25-19)22(27)24-20(12-15-4-8-17(23)9-5-15)16-6-10-18(28-3)11-7-16/h4-11,14,19-21,25-26H,12-13H2,1-3H3,(H,24,27). The molecule has 2 aromatic rings. The van der Waals surface area contributed by atoms with Gasteiger partial charge in [-0.15, -0.1) is 0 Å². The van der Waals surface area contributed by atoms with Crippen molar-refractivity contribution in [2.24, 2.45) is 5.92 Å². The molecule has 1 amide bonds. The van der Waals surface area contributed by atoms with Crippen LogP contribution in [-0.4, -0.2) is 25.1 Å². The lowest BCUT2D eigenvalue weighted by Crippen LogP contribution is -2.45. The highest BCUT2D eigenvalue weighted by Crippen LogP contribution is 2.23. The monoisotopic (exact) mass is 385 g/mol. The summed E-state index contributed by atoms with van der Waals surface area (Å²) >= 11 is 0. The molecule has 28 heavy (non-hydrogen) atoms. The largest absolute Gasteiger partial charge is 0.497 e. The second kappa shape index (κ2) is 9.17. The Morgan fingerprint density at radius 2 is 1.82 bits per heavy atom. The number of hydrogen-bond acceptors (Lipinski definition) is 4. The predicted molar refractivity (Wildman–Crippen MR) is 107 cm³/mol. The number of hydrogen-bond donors (Lipinski definition) is 3. The van der Waals surface area contributed by atoms with Crippen LogP contribution in [-0.2, 0) is 11.2 Å². The summed E-state index contributed by atoms with van der Waals surface area (Å²) in [5.74, 6) is 0.896. The zero-order valence-corrected chi connectivity index (χ0v) is 16.5. The molecule has 1 aliphatic heterocycles. The van der Waals surface area contributed by atoms with Gasteiger partial charge in [-0.2, -0.15) is 0 Å². The molecule has 2 aromatic carbocycles. The van der Waals surface area contributed by atoms with Gasteiger partial charge in [0, 0.05) is 6.04 Å². The number of methoxy groups -OCH3 is 1. The molecule has 1 aliphatic rings. The smallest absolute Gasteiger partial charge is 0.239 e. The molecular weight excluding hydrogens is 357 g/mol. The lowest BCUT2D eigenvalue weighted by molar-refractivity contribution is -0.123. The van der Waals surface area contributed by atoms with Crippen LogP contribution in [0.25, 0.3) is 0 Å². The Bertz CT molecular complexity index is 777. The normalized spacial score (nSPS) is 20.2. The van der Waals surface area contributed by atoms with Crippen LogP contribution in [0.15, 0.2) is 48.5 Å². The molecule has 0 aromatic heterocycles. The highest BCUT2D eigenvalue weighted by Gasteiger charge is 2.32. The van der Waals surface area contributed by atoms with E-state index in [9.17, 15) is 9.18 Å². The maximum absolute atomic E-state index is 13.2. The van der Waals surface area contributed by atoms with Gasteiger partial charge in [-0.25, -0.2) is 9.82 Å². The highest BCUT2D eigenvalue weighted by atomic mass is 19.1. The number of ether oxygens (including phenoxy) is 1. The molecule has 0 saturated carbocycles. The molecule has 1 saturated heterocycles. The van der Waals surface area contributed by atoms with Crippen molar-refractivity contribution in [3.05, 3.63) is 65.5 Å². The maximum Gasteiger partial charge on any atom is 0.239 e. The lowest BCUT2D eigenvalue weighted by atomic mass is 9.96. The predicted octanol–water partition coefficient (Wildman–Crippen LogP) is 3.13. The van der Waals surface area contributed by atoms with Crippen molar-refractivity contribution in [2.75, 3.05) is 7.11 Å². The molecule has 1 fully saturated rings. The van der Waals surface area contributed by atoms with Crippen LogP contribution in [0.2, 0.25) is 0 Å². The number of nitrogens with one attached hydrogen (secondary N) is 3. The Labute approximate surface area is 165 Å². The van der Waals surface area contributed by atoms with Gasteiger partial charge < -0.3 is 10.1 Å². The van der Waals surface area contributed by atoms with Crippen molar-refractivity contribution in [3.8, 4) is 5.75 Å². The second-order valence-corrected chi connectivity index (χ2v) is 7.59. The topological polar surface area (TPSA) is 62.4 Å². The summed E-state index contributed by atoms with van der Waals surface area (Å²) in [5.41, 5.74) is 8.24. The molecule has 3 N–H and O–H groups in total. The number of rotatable bonds is 7. The third-order valence-corrected chi connectivity index (χ3v) is 5.24. The van der Waals surface area contributed by atoms with Crippen molar-refractivity contribution in [1.82, 2.24) is 16.2 Å². The molecule has 1 heterocycles. The summed E-state index contributed by atoms with van der Waals surface area (Å²) in [6, 6.07) is 13.8. The summed E-state index contributed by atoms with van der Waals surface area (Å²) < 4.78 is 18.5. The molecule has 5 nitrogen and oxygen atoms in total. The van der Waals surface area contributed by atoms with E-state index in [0.717, 1.165) is 23.3 Å². The summed E-state index contributed by atoms with van der Waals surface area (Å²) in [4.78, 5) is 12.9. The van der Waals surface area contributed by atoms with E-state index >= 15 is 0 Å².